The molecule has 1 aliphatic rings. The maximum Gasteiger partial charge on any atom is 0.303 e. The van der Waals surface area contributed by atoms with Gasteiger partial charge in [0.25, 0.3) is 5.91 Å². The number of rotatable bonds is 11. The fourth-order valence-electron chi connectivity index (χ4n) is 4.05. The third-order valence-electron chi connectivity index (χ3n) is 5.97. The maximum atomic E-state index is 13.5. The Bertz CT molecular complexity index is 1270. The van der Waals surface area contributed by atoms with Crippen LogP contribution in [0.4, 0.5) is 4.39 Å². The van der Waals surface area contributed by atoms with Crippen molar-refractivity contribution >= 4 is 34.2 Å². The molecule has 0 bridgehead atoms. The smallest absolute Gasteiger partial charge is 0.303 e. The average molecular weight is 504 g/mol. The van der Waals surface area contributed by atoms with Crippen LogP contribution in [0.1, 0.15) is 59.6 Å². The van der Waals surface area contributed by atoms with Crippen LogP contribution in [0.2, 0.25) is 0 Å². The van der Waals surface area contributed by atoms with Crippen LogP contribution in [0.3, 0.4) is 0 Å². The van der Waals surface area contributed by atoms with Gasteiger partial charge < -0.3 is 14.8 Å². The van der Waals surface area contributed by atoms with Gasteiger partial charge in [0, 0.05) is 25.6 Å². The zero-order valence-electron chi connectivity index (χ0n) is 19.1. The molecule has 1 amide bonds. The first-order chi connectivity index (χ1) is 16.8. The average Bonchev–Trinajstić information content (AvgIpc) is 3.60. The summed E-state index contributed by atoms with van der Waals surface area (Å²) in [5.74, 6) is -1.20. The lowest BCUT2D eigenvalue weighted by atomic mass is 10.0. The predicted octanol–water partition coefficient (Wildman–Crippen LogP) is 4.06. The van der Waals surface area contributed by atoms with Crippen LogP contribution in [0.15, 0.2) is 34.7 Å². The van der Waals surface area contributed by atoms with Crippen molar-refractivity contribution in [3.05, 3.63) is 53.0 Å². The summed E-state index contributed by atoms with van der Waals surface area (Å²) in [6.07, 6.45) is 2.71. The highest BCUT2D eigenvalue weighted by Crippen LogP contribution is 2.44. The van der Waals surface area contributed by atoms with E-state index in [1.807, 2.05) is 6.07 Å². The van der Waals surface area contributed by atoms with E-state index >= 15 is 0 Å². The van der Waals surface area contributed by atoms with Gasteiger partial charge in [-0.15, -0.1) is 0 Å². The van der Waals surface area contributed by atoms with E-state index in [1.54, 1.807) is 0 Å². The molecule has 186 valence electrons. The zero-order valence-corrected chi connectivity index (χ0v) is 19.9. The van der Waals surface area contributed by atoms with E-state index in [4.69, 9.17) is 9.52 Å². The lowest BCUT2D eigenvalue weighted by molar-refractivity contribution is -0.137. The molecule has 4 rings (SSSR count). The van der Waals surface area contributed by atoms with Gasteiger partial charge >= 0.3 is 5.97 Å². The molecule has 11 heteroatoms. The number of halogens is 1. The first-order valence-corrected chi connectivity index (χ1v) is 12.4. The van der Waals surface area contributed by atoms with Gasteiger partial charge in [-0.2, -0.15) is 4.31 Å². The Morgan fingerprint density at radius 1 is 1.26 bits per heavy atom. The van der Waals surface area contributed by atoms with Crippen LogP contribution in [0, 0.1) is 5.82 Å². The van der Waals surface area contributed by atoms with Gasteiger partial charge in [0.2, 0.25) is 17.0 Å². The number of benzene rings is 1. The highest BCUT2D eigenvalue weighted by Gasteiger charge is 2.31. The molecule has 0 saturated heterocycles. The van der Waals surface area contributed by atoms with Crippen molar-refractivity contribution in [2.75, 3.05) is 13.6 Å². The molecular formula is C24H26FN3O6S. The normalized spacial score (nSPS) is 14.4. The molecule has 3 aromatic rings. The molecule has 0 radical (unpaired) electrons. The summed E-state index contributed by atoms with van der Waals surface area (Å²) < 4.78 is 42.6. The molecule has 2 heterocycles. The Balaban J connectivity index is 1.73. The Morgan fingerprint density at radius 3 is 2.57 bits per heavy atom. The molecule has 9 nitrogen and oxygen atoms in total. The van der Waals surface area contributed by atoms with Crippen LogP contribution < -0.4 is 5.32 Å². The van der Waals surface area contributed by atoms with Crippen molar-refractivity contribution in [1.29, 1.82) is 0 Å². The number of carbonyl (C=O) groups is 2. The first-order valence-electron chi connectivity index (χ1n) is 11.3. The molecule has 0 aliphatic heterocycles. The molecule has 1 saturated carbocycles. The molecule has 1 fully saturated rings. The summed E-state index contributed by atoms with van der Waals surface area (Å²) in [6, 6.07) is 7.47. The number of carboxylic acids is 1. The number of carbonyl (C=O) groups excluding carboxylic acids is 1. The maximum absolute atomic E-state index is 13.5. The number of nitrogens with one attached hydrogen (secondary N) is 1. The Kier molecular flexibility index (Phi) is 7.58. The highest BCUT2D eigenvalue weighted by molar-refractivity contribution is 7.76. The van der Waals surface area contributed by atoms with E-state index in [0.29, 0.717) is 35.0 Å². The van der Waals surface area contributed by atoms with E-state index in [1.165, 1.54) is 35.6 Å². The summed E-state index contributed by atoms with van der Waals surface area (Å²) in [5, 5.41) is 12.0. The van der Waals surface area contributed by atoms with E-state index < -0.39 is 23.1 Å². The van der Waals surface area contributed by atoms with E-state index in [-0.39, 0.29) is 42.8 Å². The summed E-state index contributed by atoms with van der Waals surface area (Å²) in [6.45, 7) is 0.294. The standard InChI is InChI=1S/C24H26FN3O6S/c1-26-23(31)21-18-12-17(14-5-6-14)19(13-28(35(32)33)11-3-2-4-20(29)30)27-24(18)34-22(21)15-7-9-16(25)10-8-15/h7-10,12,14H,2-6,11,13H2,1H3,(H,26,31)(H,29,30)(H,32,33). The fourth-order valence-corrected chi connectivity index (χ4v) is 4.57. The van der Waals surface area contributed by atoms with Crippen LogP contribution in [0.25, 0.3) is 22.4 Å². The van der Waals surface area contributed by atoms with Gasteiger partial charge in [-0.3, -0.25) is 14.1 Å². The minimum Gasteiger partial charge on any atom is -0.481 e. The molecule has 1 aromatic carbocycles. The van der Waals surface area contributed by atoms with E-state index in [0.717, 1.165) is 18.4 Å². The Hall–Kier alpha value is -3.15. The minimum atomic E-state index is -2.28. The fraction of sp³-hybridized carbons (Fsp3) is 0.375. The Morgan fingerprint density at radius 2 is 1.97 bits per heavy atom. The topological polar surface area (TPSA) is 133 Å². The quantitative estimate of drug-likeness (QED) is 0.265. The summed E-state index contributed by atoms with van der Waals surface area (Å²) in [4.78, 5) is 28.2. The van der Waals surface area contributed by atoms with Gasteiger partial charge in [0.1, 0.15) is 11.6 Å². The van der Waals surface area contributed by atoms with Crippen LogP contribution in [-0.2, 0) is 22.6 Å². The largest absolute Gasteiger partial charge is 0.481 e. The molecule has 0 spiro atoms. The second-order valence-electron chi connectivity index (χ2n) is 8.49. The summed E-state index contributed by atoms with van der Waals surface area (Å²) >= 11 is -2.28. The van der Waals surface area contributed by atoms with Crippen LogP contribution in [0.5, 0.6) is 0 Å². The number of aromatic nitrogens is 1. The monoisotopic (exact) mass is 503 g/mol. The second-order valence-corrected chi connectivity index (χ2v) is 9.47. The number of hydrogen-bond acceptors (Lipinski definition) is 5. The van der Waals surface area contributed by atoms with Crippen molar-refractivity contribution in [2.24, 2.45) is 0 Å². The minimum absolute atomic E-state index is 0.00966. The van der Waals surface area contributed by atoms with E-state index in [9.17, 15) is 22.7 Å². The molecular weight excluding hydrogens is 477 g/mol. The number of fused-ring (bicyclic) bond motifs is 1. The van der Waals surface area contributed by atoms with Crippen LogP contribution in [-0.4, -0.2) is 48.6 Å². The van der Waals surface area contributed by atoms with Gasteiger partial charge in [0.05, 0.1) is 23.2 Å². The van der Waals surface area contributed by atoms with Gasteiger partial charge in [-0.25, -0.2) is 13.6 Å². The summed E-state index contributed by atoms with van der Waals surface area (Å²) in [5.41, 5.74) is 2.48. The van der Waals surface area contributed by atoms with E-state index in [2.05, 4.69) is 10.3 Å². The molecule has 1 unspecified atom stereocenters. The van der Waals surface area contributed by atoms with Crippen molar-refractivity contribution in [2.45, 2.75) is 44.6 Å². The number of carboxylic acid groups (broad SMARTS) is 1. The first kappa shape index (κ1) is 25.0. The number of aliphatic carboxylic acids is 1. The highest BCUT2D eigenvalue weighted by atomic mass is 32.2. The second kappa shape index (κ2) is 10.6. The summed E-state index contributed by atoms with van der Waals surface area (Å²) in [7, 11) is 1.51. The predicted molar refractivity (Wildman–Crippen MR) is 127 cm³/mol. The van der Waals surface area contributed by atoms with Gasteiger partial charge in [0.15, 0.2) is 0 Å². The van der Waals surface area contributed by atoms with Crippen molar-refractivity contribution < 1.29 is 32.3 Å². The number of furan rings is 1. The van der Waals surface area contributed by atoms with Gasteiger partial charge in [-0.05, 0) is 67.5 Å². The molecule has 2 aromatic heterocycles. The third-order valence-corrected chi connectivity index (χ3v) is 6.72. The lowest BCUT2D eigenvalue weighted by Crippen LogP contribution is -2.27. The number of nitrogens with zero attached hydrogens (tertiary/aromatic N) is 2. The number of pyridine rings is 1. The third kappa shape index (κ3) is 5.75. The number of amides is 1. The van der Waals surface area contributed by atoms with Crippen LogP contribution >= 0.6 is 0 Å². The lowest BCUT2D eigenvalue weighted by Gasteiger charge is -2.18. The number of hydrogen-bond donors (Lipinski definition) is 3. The number of unbranched alkanes of at least 4 members (excludes halogenated alkanes) is 1. The zero-order chi connectivity index (χ0) is 25.1. The van der Waals surface area contributed by atoms with Crippen molar-refractivity contribution in [1.82, 2.24) is 14.6 Å². The van der Waals surface area contributed by atoms with Gasteiger partial charge in [-0.1, -0.05) is 0 Å². The molecule has 1 aliphatic carbocycles. The molecule has 1 atom stereocenters. The van der Waals surface area contributed by atoms with Crippen molar-refractivity contribution in [3.8, 4) is 11.3 Å². The van der Waals surface area contributed by atoms with Crippen molar-refractivity contribution in [3.63, 3.8) is 0 Å². The molecule has 35 heavy (non-hydrogen) atoms. The Labute approximate surface area is 203 Å². The molecule has 3 N–H and O–H groups in total. The SMILES string of the molecule is CNC(=O)c1c(-c2ccc(F)cc2)oc2nc(CN(CCCCC(=O)O)S(=O)O)c(C3CC3)cc12.